The van der Waals surface area contributed by atoms with Gasteiger partial charge in [0.1, 0.15) is 12.2 Å². The normalized spacial score (nSPS) is 16.1. The van der Waals surface area contributed by atoms with Crippen molar-refractivity contribution in [1.82, 2.24) is 9.88 Å². The number of furan rings is 1. The number of amides is 1. The Bertz CT molecular complexity index is 1290. The maximum absolute atomic E-state index is 13.7. The van der Waals surface area contributed by atoms with Crippen LogP contribution in [0.15, 0.2) is 77.5 Å². The number of pyridine rings is 1. The van der Waals surface area contributed by atoms with E-state index in [9.17, 15) is 4.79 Å². The largest absolute Gasteiger partial charge is 0.493 e. The second-order valence-electron chi connectivity index (χ2n) is 8.64. The van der Waals surface area contributed by atoms with Crippen LogP contribution in [0.4, 0.5) is 0 Å². The summed E-state index contributed by atoms with van der Waals surface area (Å²) in [4.78, 5) is 19.9. The van der Waals surface area contributed by atoms with Crippen LogP contribution in [0, 0.1) is 5.92 Å². The summed E-state index contributed by atoms with van der Waals surface area (Å²) in [5.74, 6) is 1.01. The summed E-state index contributed by atoms with van der Waals surface area (Å²) in [5, 5.41) is 1.08. The molecule has 2 aromatic carbocycles. The maximum atomic E-state index is 13.7. The molecule has 0 saturated carbocycles. The Hall–Kier alpha value is -3.84. The number of aromatic nitrogens is 1. The number of nitrogens with zero attached hydrogens (tertiary/aromatic N) is 2. The summed E-state index contributed by atoms with van der Waals surface area (Å²) >= 11 is 0. The molecular weight excluding hydrogens is 444 g/mol. The third-order valence-corrected chi connectivity index (χ3v) is 6.19. The maximum Gasteiger partial charge on any atom is 0.257 e. The molecule has 2 aromatic heterocycles. The Kier molecular flexibility index (Phi) is 6.95. The highest BCUT2D eigenvalue weighted by Crippen LogP contribution is 2.33. The van der Waals surface area contributed by atoms with Crippen molar-refractivity contribution in [3.05, 3.63) is 89.9 Å². The third kappa shape index (κ3) is 5.30. The van der Waals surface area contributed by atoms with E-state index in [1.165, 1.54) is 0 Å². The molecule has 0 unspecified atom stereocenters. The van der Waals surface area contributed by atoms with Crippen LogP contribution in [-0.2, 0) is 17.8 Å². The number of rotatable bonds is 7. The highest BCUT2D eigenvalue weighted by molar-refractivity contribution is 5.98. The number of para-hydroxylation sites is 1. The number of hydrogen-bond donors (Lipinski definition) is 0. The molecule has 1 saturated heterocycles. The number of benzene rings is 2. The van der Waals surface area contributed by atoms with Crippen LogP contribution in [0.2, 0.25) is 0 Å². The first kappa shape index (κ1) is 22.9. The van der Waals surface area contributed by atoms with E-state index in [0.29, 0.717) is 43.4 Å². The van der Waals surface area contributed by atoms with Crippen LogP contribution in [-0.4, -0.2) is 49.2 Å². The van der Waals surface area contributed by atoms with E-state index in [0.717, 1.165) is 28.6 Å². The lowest BCUT2D eigenvalue weighted by molar-refractivity contribution is 0.0731. The van der Waals surface area contributed by atoms with Crippen LogP contribution in [0.25, 0.3) is 11.0 Å². The summed E-state index contributed by atoms with van der Waals surface area (Å²) in [6.07, 6.45) is 4.21. The molecule has 1 atom stereocenters. The first-order valence-electron chi connectivity index (χ1n) is 11.7. The van der Waals surface area contributed by atoms with Crippen molar-refractivity contribution in [2.45, 2.75) is 13.0 Å². The summed E-state index contributed by atoms with van der Waals surface area (Å²) < 4.78 is 23.0. The minimum atomic E-state index is -0.100. The molecule has 7 nitrogen and oxygen atoms in total. The molecule has 0 radical (unpaired) electrons. The Morgan fingerprint density at radius 3 is 2.94 bits per heavy atom. The summed E-state index contributed by atoms with van der Waals surface area (Å²) in [6.45, 7) is 2.44. The number of hydrogen-bond acceptors (Lipinski definition) is 6. The molecule has 7 heteroatoms. The van der Waals surface area contributed by atoms with Gasteiger partial charge in [-0.3, -0.25) is 9.78 Å². The third-order valence-electron chi connectivity index (χ3n) is 6.19. The Labute approximate surface area is 204 Å². The smallest absolute Gasteiger partial charge is 0.257 e. The van der Waals surface area contributed by atoms with E-state index in [1.807, 2.05) is 35.2 Å². The van der Waals surface area contributed by atoms with Crippen molar-refractivity contribution in [3.63, 3.8) is 0 Å². The zero-order valence-corrected chi connectivity index (χ0v) is 19.7. The van der Waals surface area contributed by atoms with Gasteiger partial charge in [0.2, 0.25) is 0 Å². The van der Waals surface area contributed by atoms with Crippen molar-refractivity contribution in [2.75, 3.05) is 33.4 Å². The van der Waals surface area contributed by atoms with Crippen molar-refractivity contribution >= 4 is 16.9 Å². The molecule has 5 rings (SSSR count). The molecule has 3 heterocycles. The van der Waals surface area contributed by atoms with Crippen LogP contribution in [0.3, 0.4) is 0 Å². The second kappa shape index (κ2) is 10.6. The lowest BCUT2D eigenvalue weighted by Gasteiger charge is -2.25. The van der Waals surface area contributed by atoms with Gasteiger partial charge < -0.3 is 23.5 Å². The van der Waals surface area contributed by atoms with Crippen molar-refractivity contribution in [2.24, 2.45) is 5.92 Å². The Balaban J connectivity index is 1.34. The van der Waals surface area contributed by atoms with E-state index in [1.54, 1.807) is 31.7 Å². The minimum Gasteiger partial charge on any atom is -0.493 e. The number of ether oxygens (including phenoxy) is 3. The predicted octanol–water partition coefficient (Wildman–Crippen LogP) is 4.75. The lowest BCUT2D eigenvalue weighted by atomic mass is 9.98. The molecule has 180 valence electrons. The first-order valence-corrected chi connectivity index (χ1v) is 11.7. The molecule has 0 aliphatic carbocycles. The zero-order chi connectivity index (χ0) is 24.0. The van der Waals surface area contributed by atoms with Gasteiger partial charge in [-0.15, -0.1) is 0 Å². The zero-order valence-electron chi connectivity index (χ0n) is 19.7. The van der Waals surface area contributed by atoms with Crippen LogP contribution >= 0.6 is 0 Å². The average molecular weight is 473 g/mol. The monoisotopic (exact) mass is 472 g/mol. The van der Waals surface area contributed by atoms with Gasteiger partial charge >= 0.3 is 0 Å². The van der Waals surface area contributed by atoms with Gasteiger partial charge in [-0.2, -0.15) is 0 Å². The Morgan fingerprint density at radius 1 is 1.14 bits per heavy atom. The van der Waals surface area contributed by atoms with E-state index in [2.05, 4.69) is 23.2 Å². The fraction of sp³-hybridized carbons (Fsp3) is 0.286. The van der Waals surface area contributed by atoms with Gasteiger partial charge in [-0.1, -0.05) is 24.3 Å². The number of carbonyl (C=O) groups is 1. The average Bonchev–Trinajstić information content (AvgIpc) is 3.24. The molecule has 35 heavy (non-hydrogen) atoms. The van der Waals surface area contributed by atoms with Crippen LogP contribution in [0.5, 0.6) is 11.5 Å². The summed E-state index contributed by atoms with van der Waals surface area (Å²) in [7, 11) is 1.57. The minimum absolute atomic E-state index is 0.100. The molecule has 1 amide bonds. The van der Waals surface area contributed by atoms with Crippen LogP contribution in [0.1, 0.15) is 21.6 Å². The van der Waals surface area contributed by atoms with Gasteiger partial charge in [0.15, 0.2) is 11.5 Å². The molecule has 0 bridgehead atoms. The van der Waals surface area contributed by atoms with Crippen molar-refractivity contribution < 1.29 is 23.4 Å². The quantitative estimate of drug-likeness (QED) is 0.387. The number of fused-ring (bicyclic) bond motifs is 1. The van der Waals surface area contributed by atoms with Crippen molar-refractivity contribution in [1.29, 1.82) is 0 Å². The molecule has 0 N–H and O–H groups in total. The summed E-state index contributed by atoms with van der Waals surface area (Å²) in [6, 6.07) is 19.2. The molecular formula is C28H28N2O5. The summed E-state index contributed by atoms with van der Waals surface area (Å²) in [5.41, 5.74) is 3.28. The van der Waals surface area contributed by atoms with Gasteiger partial charge in [0, 0.05) is 30.6 Å². The predicted molar refractivity (Wildman–Crippen MR) is 132 cm³/mol. The van der Waals surface area contributed by atoms with E-state index >= 15 is 0 Å². The topological polar surface area (TPSA) is 74.0 Å². The lowest BCUT2D eigenvalue weighted by Crippen LogP contribution is -2.36. The van der Waals surface area contributed by atoms with Crippen molar-refractivity contribution in [3.8, 4) is 11.5 Å². The number of methoxy groups -OCH3 is 1. The van der Waals surface area contributed by atoms with Gasteiger partial charge in [0.25, 0.3) is 5.91 Å². The highest BCUT2D eigenvalue weighted by atomic mass is 16.5. The number of carbonyl (C=O) groups excluding carboxylic acids is 1. The molecule has 1 aliphatic heterocycles. The highest BCUT2D eigenvalue weighted by Gasteiger charge is 2.27. The van der Waals surface area contributed by atoms with Gasteiger partial charge in [-0.25, -0.2) is 0 Å². The molecule has 0 spiro atoms. The van der Waals surface area contributed by atoms with Gasteiger partial charge in [-0.05, 0) is 48.4 Å². The molecule has 1 aliphatic rings. The fourth-order valence-corrected chi connectivity index (χ4v) is 4.44. The van der Waals surface area contributed by atoms with Gasteiger partial charge in [0.05, 0.1) is 37.8 Å². The Morgan fingerprint density at radius 2 is 2.09 bits per heavy atom. The second-order valence-corrected chi connectivity index (χ2v) is 8.64. The van der Waals surface area contributed by atoms with E-state index in [4.69, 9.17) is 18.6 Å². The standard InChI is InChI=1S/C28H28N2O5/c1-32-25-7-4-6-24(27(25)35-19-23-5-2-3-11-29-23)28(31)30-12-14-33-18-21(17-30)15-20-8-9-22-10-13-34-26(22)16-20/h2-11,13,16,21H,12,14-15,17-19H2,1H3/t21-/m0/s1. The molecule has 4 aromatic rings. The first-order chi connectivity index (χ1) is 17.2. The van der Waals surface area contributed by atoms with E-state index < -0.39 is 0 Å². The van der Waals surface area contributed by atoms with Crippen LogP contribution < -0.4 is 9.47 Å². The van der Waals surface area contributed by atoms with E-state index in [-0.39, 0.29) is 18.4 Å². The molecule has 1 fully saturated rings. The fourth-order valence-electron chi connectivity index (χ4n) is 4.44. The SMILES string of the molecule is COc1cccc(C(=O)N2CCOC[C@@H](Cc3ccc4ccoc4c3)C2)c1OCc1ccccn1.